The van der Waals surface area contributed by atoms with Crippen molar-refractivity contribution >= 4 is 0 Å². The Kier molecular flexibility index (Phi) is 5.35. The molecule has 13 heavy (non-hydrogen) atoms. The zero-order chi connectivity index (χ0) is 9.52. The maximum atomic E-state index is 9.62. The molecule has 0 radical (unpaired) electrons. The first kappa shape index (κ1) is 11.0. The molecular formula is C10H21NO2. The summed E-state index contributed by atoms with van der Waals surface area (Å²) in [6.07, 6.45) is 4.32. The van der Waals surface area contributed by atoms with Gasteiger partial charge in [-0.3, -0.25) is 0 Å². The largest absolute Gasteiger partial charge is 0.392 e. The van der Waals surface area contributed by atoms with Crippen molar-refractivity contribution in [1.29, 1.82) is 0 Å². The van der Waals surface area contributed by atoms with Crippen molar-refractivity contribution in [2.24, 2.45) is 0 Å². The summed E-state index contributed by atoms with van der Waals surface area (Å²) in [6, 6.07) is 0.300. The molecule has 0 aromatic carbocycles. The van der Waals surface area contributed by atoms with Crippen molar-refractivity contribution in [1.82, 2.24) is 5.32 Å². The van der Waals surface area contributed by atoms with E-state index in [9.17, 15) is 5.11 Å². The van der Waals surface area contributed by atoms with Gasteiger partial charge in [0.1, 0.15) is 0 Å². The molecule has 1 aliphatic rings. The van der Waals surface area contributed by atoms with E-state index in [4.69, 9.17) is 4.74 Å². The maximum Gasteiger partial charge on any atom is 0.0693 e. The van der Waals surface area contributed by atoms with Crippen molar-refractivity contribution in [3.8, 4) is 0 Å². The molecule has 0 aromatic rings. The highest BCUT2D eigenvalue weighted by molar-refractivity contribution is 4.79. The predicted molar refractivity (Wildman–Crippen MR) is 52.8 cm³/mol. The lowest BCUT2D eigenvalue weighted by Gasteiger charge is -2.28. The quantitative estimate of drug-likeness (QED) is 0.629. The fourth-order valence-electron chi connectivity index (χ4n) is 1.81. The number of hydrogen-bond acceptors (Lipinski definition) is 3. The number of rotatable bonds is 5. The van der Waals surface area contributed by atoms with E-state index in [0.29, 0.717) is 6.04 Å². The molecule has 0 heterocycles. The van der Waals surface area contributed by atoms with Gasteiger partial charge in [0.25, 0.3) is 0 Å². The van der Waals surface area contributed by atoms with Crippen LogP contribution in [0.25, 0.3) is 0 Å². The van der Waals surface area contributed by atoms with Crippen molar-refractivity contribution in [3.63, 3.8) is 0 Å². The summed E-state index contributed by atoms with van der Waals surface area (Å²) >= 11 is 0. The highest BCUT2D eigenvalue weighted by Crippen LogP contribution is 2.17. The SMILES string of the molecule is CCOCCN[C@@H]1CCCC[C@H]1O. The molecule has 0 spiro atoms. The molecule has 78 valence electrons. The van der Waals surface area contributed by atoms with Crippen molar-refractivity contribution in [3.05, 3.63) is 0 Å². The molecule has 1 fully saturated rings. The van der Waals surface area contributed by atoms with Crippen LogP contribution in [-0.4, -0.2) is 37.0 Å². The van der Waals surface area contributed by atoms with E-state index in [1.807, 2.05) is 6.92 Å². The Bertz CT molecular complexity index is 130. The maximum absolute atomic E-state index is 9.62. The van der Waals surface area contributed by atoms with E-state index in [1.54, 1.807) is 0 Å². The van der Waals surface area contributed by atoms with Crippen LogP contribution in [0.2, 0.25) is 0 Å². The van der Waals surface area contributed by atoms with Crippen LogP contribution in [0.4, 0.5) is 0 Å². The van der Waals surface area contributed by atoms with Gasteiger partial charge in [-0.25, -0.2) is 0 Å². The average molecular weight is 187 g/mol. The lowest BCUT2D eigenvalue weighted by molar-refractivity contribution is 0.0820. The number of ether oxygens (including phenoxy) is 1. The van der Waals surface area contributed by atoms with Crippen LogP contribution in [0.15, 0.2) is 0 Å². The summed E-state index contributed by atoms with van der Waals surface area (Å²) in [5.41, 5.74) is 0. The van der Waals surface area contributed by atoms with Crippen LogP contribution in [0.5, 0.6) is 0 Å². The third kappa shape index (κ3) is 4.07. The van der Waals surface area contributed by atoms with Gasteiger partial charge in [-0.2, -0.15) is 0 Å². The molecule has 2 N–H and O–H groups in total. The van der Waals surface area contributed by atoms with Crippen LogP contribution in [0.3, 0.4) is 0 Å². The van der Waals surface area contributed by atoms with E-state index < -0.39 is 0 Å². The topological polar surface area (TPSA) is 41.5 Å². The van der Waals surface area contributed by atoms with E-state index in [2.05, 4.69) is 5.32 Å². The van der Waals surface area contributed by atoms with E-state index in [0.717, 1.165) is 32.6 Å². The molecule has 3 nitrogen and oxygen atoms in total. The van der Waals surface area contributed by atoms with Crippen LogP contribution in [0.1, 0.15) is 32.6 Å². The molecule has 0 aliphatic heterocycles. The molecule has 0 amide bonds. The number of aliphatic hydroxyl groups is 1. The van der Waals surface area contributed by atoms with E-state index in [-0.39, 0.29) is 6.10 Å². The van der Waals surface area contributed by atoms with Gasteiger partial charge in [0.2, 0.25) is 0 Å². The second-order valence-corrected chi connectivity index (χ2v) is 3.61. The number of nitrogens with one attached hydrogen (secondary N) is 1. The van der Waals surface area contributed by atoms with Crippen molar-refractivity contribution < 1.29 is 9.84 Å². The first-order valence-corrected chi connectivity index (χ1v) is 5.33. The Labute approximate surface area is 80.5 Å². The average Bonchev–Trinajstić information content (AvgIpc) is 2.15. The molecule has 0 bridgehead atoms. The molecule has 1 rings (SSSR count). The minimum Gasteiger partial charge on any atom is -0.392 e. The molecule has 3 heteroatoms. The zero-order valence-corrected chi connectivity index (χ0v) is 8.46. The summed E-state index contributed by atoms with van der Waals surface area (Å²) in [5.74, 6) is 0. The minimum atomic E-state index is -0.143. The summed E-state index contributed by atoms with van der Waals surface area (Å²) in [5, 5.41) is 13.0. The van der Waals surface area contributed by atoms with E-state index in [1.165, 1.54) is 12.8 Å². The van der Waals surface area contributed by atoms with Gasteiger partial charge in [-0.1, -0.05) is 12.8 Å². The zero-order valence-electron chi connectivity index (χ0n) is 8.46. The van der Waals surface area contributed by atoms with Crippen LogP contribution in [0, 0.1) is 0 Å². The second-order valence-electron chi connectivity index (χ2n) is 3.61. The first-order chi connectivity index (χ1) is 6.34. The smallest absolute Gasteiger partial charge is 0.0693 e. The molecule has 1 aliphatic carbocycles. The summed E-state index contributed by atoms with van der Waals surface area (Å²) in [4.78, 5) is 0. The summed E-state index contributed by atoms with van der Waals surface area (Å²) in [7, 11) is 0. The van der Waals surface area contributed by atoms with Gasteiger partial charge >= 0.3 is 0 Å². The molecule has 0 aromatic heterocycles. The molecular weight excluding hydrogens is 166 g/mol. The Morgan fingerprint density at radius 2 is 2.15 bits per heavy atom. The second kappa shape index (κ2) is 6.35. The summed E-state index contributed by atoms with van der Waals surface area (Å²) in [6.45, 7) is 4.37. The standard InChI is InChI=1S/C10H21NO2/c1-2-13-8-7-11-9-5-3-4-6-10(9)12/h9-12H,2-8H2,1H3/t9-,10-/m1/s1. The highest BCUT2D eigenvalue weighted by atomic mass is 16.5. The Morgan fingerprint density at radius 1 is 1.38 bits per heavy atom. The van der Waals surface area contributed by atoms with Crippen molar-refractivity contribution in [2.75, 3.05) is 19.8 Å². The lowest BCUT2D eigenvalue weighted by atomic mass is 9.93. The Hall–Kier alpha value is -0.120. The minimum absolute atomic E-state index is 0.143. The van der Waals surface area contributed by atoms with Gasteiger partial charge in [-0.15, -0.1) is 0 Å². The monoisotopic (exact) mass is 187 g/mol. The fraction of sp³-hybridized carbons (Fsp3) is 1.00. The molecule has 1 saturated carbocycles. The van der Waals surface area contributed by atoms with Crippen molar-refractivity contribution in [2.45, 2.75) is 44.8 Å². The third-order valence-corrected chi connectivity index (χ3v) is 2.59. The summed E-state index contributed by atoms with van der Waals surface area (Å²) < 4.78 is 5.22. The Morgan fingerprint density at radius 3 is 2.85 bits per heavy atom. The van der Waals surface area contributed by atoms with Gasteiger partial charge in [0.15, 0.2) is 0 Å². The van der Waals surface area contributed by atoms with Gasteiger partial charge in [0, 0.05) is 19.2 Å². The molecule has 0 saturated heterocycles. The lowest BCUT2D eigenvalue weighted by Crippen LogP contribution is -2.43. The molecule has 2 atom stereocenters. The normalized spacial score (nSPS) is 29.1. The van der Waals surface area contributed by atoms with E-state index >= 15 is 0 Å². The number of aliphatic hydroxyl groups excluding tert-OH is 1. The van der Waals surface area contributed by atoms with Crippen LogP contribution < -0.4 is 5.32 Å². The first-order valence-electron chi connectivity index (χ1n) is 5.33. The fourth-order valence-corrected chi connectivity index (χ4v) is 1.81. The molecule has 0 unspecified atom stereocenters. The number of hydrogen-bond donors (Lipinski definition) is 2. The Balaban J connectivity index is 2.05. The predicted octanol–water partition coefficient (Wildman–Crippen LogP) is 0.916. The van der Waals surface area contributed by atoms with Gasteiger partial charge in [0.05, 0.1) is 12.7 Å². The van der Waals surface area contributed by atoms with Crippen LogP contribution in [-0.2, 0) is 4.74 Å². The van der Waals surface area contributed by atoms with Crippen LogP contribution >= 0.6 is 0 Å². The third-order valence-electron chi connectivity index (χ3n) is 2.59. The van der Waals surface area contributed by atoms with Gasteiger partial charge in [-0.05, 0) is 19.8 Å². The highest BCUT2D eigenvalue weighted by Gasteiger charge is 2.21. The van der Waals surface area contributed by atoms with Gasteiger partial charge < -0.3 is 15.2 Å².